The van der Waals surface area contributed by atoms with Gasteiger partial charge in [0, 0.05) is 21.3 Å². The number of hydrogen-bond acceptors (Lipinski definition) is 4. The van der Waals surface area contributed by atoms with Crippen LogP contribution in [0.15, 0.2) is 0 Å². The van der Waals surface area contributed by atoms with Gasteiger partial charge < -0.3 is 14.2 Å². The van der Waals surface area contributed by atoms with Crippen molar-refractivity contribution in [1.29, 1.82) is 0 Å². The molecule has 0 atom stereocenters. The molecule has 3 nitrogen and oxygen atoms in total. The maximum Gasteiger partial charge on any atom is 0.442 e. The van der Waals surface area contributed by atoms with E-state index in [-0.39, 0.29) is 11.8 Å². The minimum atomic E-state index is -4.32. The number of ether oxygens (including phenoxy) is 3. The third-order valence-corrected chi connectivity index (χ3v) is 2.17. The first-order valence-corrected chi connectivity index (χ1v) is 4.24. The third-order valence-electron chi connectivity index (χ3n) is 1.35. The van der Waals surface area contributed by atoms with Crippen molar-refractivity contribution in [1.82, 2.24) is 0 Å². The highest BCUT2D eigenvalue weighted by molar-refractivity contribution is 8.00. The molecule has 0 heterocycles. The maximum atomic E-state index is 11.8. The molecule has 0 fully saturated rings. The fourth-order valence-corrected chi connectivity index (χ4v) is 1.29. The summed E-state index contributed by atoms with van der Waals surface area (Å²) >= 11 is -0.261. The lowest BCUT2D eigenvalue weighted by Gasteiger charge is -2.28. The van der Waals surface area contributed by atoms with Crippen LogP contribution in [0.25, 0.3) is 0 Å². The zero-order chi connectivity index (χ0) is 10.5. The van der Waals surface area contributed by atoms with Crippen molar-refractivity contribution in [3.8, 4) is 0 Å². The van der Waals surface area contributed by atoms with E-state index >= 15 is 0 Å². The molecular formula is C6H11F3O3S. The Morgan fingerprint density at radius 1 is 1.00 bits per heavy atom. The Labute approximate surface area is 78.5 Å². The van der Waals surface area contributed by atoms with Gasteiger partial charge in [-0.3, -0.25) is 0 Å². The molecule has 0 aromatic heterocycles. The van der Waals surface area contributed by atoms with Crippen molar-refractivity contribution in [3.63, 3.8) is 0 Å². The second kappa shape index (κ2) is 5.04. The highest BCUT2D eigenvalue weighted by atomic mass is 32.2. The van der Waals surface area contributed by atoms with Crippen LogP contribution in [-0.4, -0.2) is 38.6 Å². The van der Waals surface area contributed by atoms with Crippen LogP contribution >= 0.6 is 11.8 Å². The topological polar surface area (TPSA) is 27.7 Å². The van der Waals surface area contributed by atoms with Gasteiger partial charge in [0.25, 0.3) is 5.97 Å². The van der Waals surface area contributed by atoms with Gasteiger partial charge in [0.2, 0.25) is 0 Å². The SMILES string of the molecule is COC(CSC(F)(F)F)(OC)OC. The Hall–Kier alpha value is 0.0200. The van der Waals surface area contributed by atoms with E-state index in [9.17, 15) is 13.2 Å². The maximum absolute atomic E-state index is 11.8. The van der Waals surface area contributed by atoms with Crippen molar-refractivity contribution in [2.45, 2.75) is 11.5 Å². The zero-order valence-corrected chi connectivity index (χ0v) is 8.29. The van der Waals surface area contributed by atoms with E-state index in [4.69, 9.17) is 0 Å². The van der Waals surface area contributed by atoms with Crippen molar-refractivity contribution >= 4 is 11.8 Å². The van der Waals surface area contributed by atoms with Gasteiger partial charge in [-0.1, -0.05) is 0 Å². The van der Waals surface area contributed by atoms with Crippen molar-refractivity contribution in [2.75, 3.05) is 27.1 Å². The molecule has 7 heteroatoms. The van der Waals surface area contributed by atoms with Crippen LogP contribution in [0.3, 0.4) is 0 Å². The van der Waals surface area contributed by atoms with E-state index in [1.807, 2.05) is 0 Å². The van der Waals surface area contributed by atoms with Crippen LogP contribution in [0, 0.1) is 0 Å². The summed E-state index contributed by atoms with van der Waals surface area (Å²) in [6.45, 7) is 0. The van der Waals surface area contributed by atoms with E-state index in [2.05, 4.69) is 14.2 Å². The molecule has 0 aromatic rings. The van der Waals surface area contributed by atoms with E-state index in [1.54, 1.807) is 0 Å². The van der Waals surface area contributed by atoms with Gasteiger partial charge >= 0.3 is 5.51 Å². The Bertz CT molecular complexity index is 138. The summed E-state index contributed by atoms with van der Waals surface area (Å²) < 4.78 is 49.4. The minimum absolute atomic E-state index is 0.261. The van der Waals surface area contributed by atoms with Gasteiger partial charge in [-0.05, 0) is 11.8 Å². The fraction of sp³-hybridized carbons (Fsp3) is 1.00. The zero-order valence-electron chi connectivity index (χ0n) is 7.47. The first-order chi connectivity index (χ1) is 5.89. The van der Waals surface area contributed by atoms with E-state index < -0.39 is 17.2 Å². The summed E-state index contributed by atoms with van der Waals surface area (Å²) in [5.41, 5.74) is -4.32. The summed E-state index contributed by atoms with van der Waals surface area (Å²) in [7, 11) is 3.64. The van der Waals surface area contributed by atoms with Crippen LogP contribution in [-0.2, 0) is 14.2 Å². The Balaban J connectivity index is 4.11. The molecule has 0 aliphatic carbocycles. The third kappa shape index (κ3) is 4.70. The lowest BCUT2D eigenvalue weighted by Crippen LogP contribution is -2.39. The first-order valence-electron chi connectivity index (χ1n) is 3.25. The Kier molecular flexibility index (Phi) is 5.05. The lowest BCUT2D eigenvalue weighted by atomic mass is 10.6. The molecule has 0 saturated carbocycles. The predicted octanol–water partition coefficient (Wildman–Crippen LogP) is 1.83. The average Bonchev–Trinajstić information content (AvgIpc) is 2.06. The van der Waals surface area contributed by atoms with Gasteiger partial charge in [-0.15, -0.1) is 0 Å². The van der Waals surface area contributed by atoms with E-state index in [1.165, 1.54) is 21.3 Å². The number of hydrogen-bond donors (Lipinski definition) is 0. The van der Waals surface area contributed by atoms with Crippen LogP contribution in [0.1, 0.15) is 0 Å². The van der Waals surface area contributed by atoms with E-state index in [0.29, 0.717) is 0 Å². The summed E-state index contributed by atoms with van der Waals surface area (Å²) in [5, 5.41) is 0. The number of methoxy groups -OCH3 is 3. The molecule has 0 saturated heterocycles. The van der Waals surface area contributed by atoms with Crippen molar-refractivity contribution < 1.29 is 27.4 Å². The molecule has 0 spiro atoms. The molecule has 0 bridgehead atoms. The van der Waals surface area contributed by atoms with Gasteiger partial charge in [0.1, 0.15) is 0 Å². The number of rotatable bonds is 5. The molecular weight excluding hydrogens is 209 g/mol. The molecule has 80 valence electrons. The van der Waals surface area contributed by atoms with Crippen molar-refractivity contribution in [2.24, 2.45) is 0 Å². The first kappa shape index (κ1) is 13.0. The normalized spacial score (nSPS) is 13.4. The quantitative estimate of drug-likeness (QED) is 0.661. The fourth-order valence-electron chi connectivity index (χ4n) is 0.597. The summed E-state index contributed by atoms with van der Waals surface area (Å²) in [6.07, 6.45) is 0. The van der Waals surface area contributed by atoms with Gasteiger partial charge in [0.15, 0.2) is 0 Å². The predicted molar refractivity (Wildman–Crippen MR) is 42.3 cm³/mol. The van der Waals surface area contributed by atoms with Crippen molar-refractivity contribution in [3.05, 3.63) is 0 Å². The van der Waals surface area contributed by atoms with Crippen LogP contribution in [0.2, 0.25) is 0 Å². The average molecular weight is 220 g/mol. The van der Waals surface area contributed by atoms with Crippen LogP contribution in [0.5, 0.6) is 0 Å². The molecule has 0 aromatic carbocycles. The highest BCUT2D eigenvalue weighted by Crippen LogP contribution is 2.33. The van der Waals surface area contributed by atoms with E-state index in [0.717, 1.165) is 0 Å². The number of alkyl halides is 3. The standard InChI is InChI=1S/C6H11F3O3S/c1-10-5(11-2,12-3)4-13-6(7,8)9/h4H2,1-3H3. The molecule has 13 heavy (non-hydrogen) atoms. The summed E-state index contributed by atoms with van der Waals surface area (Å²) in [6, 6.07) is 0. The monoisotopic (exact) mass is 220 g/mol. The van der Waals surface area contributed by atoms with Gasteiger partial charge in [0.05, 0.1) is 5.75 Å². The molecule has 0 amide bonds. The molecule has 0 aliphatic rings. The lowest BCUT2D eigenvalue weighted by molar-refractivity contribution is -0.336. The second-order valence-electron chi connectivity index (χ2n) is 2.03. The number of halogens is 3. The van der Waals surface area contributed by atoms with Gasteiger partial charge in [-0.2, -0.15) is 13.2 Å². The molecule has 0 aliphatic heterocycles. The largest absolute Gasteiger partial charge is 0.442 e. The van der Waals surface area contributed by atoms with Crippen LogP contribution in [0.4, 0.5) is 13.2 Å². The number of thioether (sulfide) groups is 1. The molecule has 0 radical (unpaired) electrons. The smallest absolute Gasteiger partial charge is 0.330 e. The Morgan fingerprint density at radius 2 is 1.38 bits per heavy atom. The second-order valence-corrected chi connectivity index (χ2v) is 3.07. The van der Waals surface area contributed by atoms with Crippen LogP contribution < -0.4 is 0 Å². The molecule has 0 N–H and O–H groups in total. The Morgan fingerprint density at radius 3 is 1.62 bits per heavy atom. The molecule has 0 unspecified atom stereocenters. The summed E-state index contributed by atoms with van der Waals surface area (Å²) in [5.74, 6) is -2.10. The summed E-state index contributed by atoms with van der Waals surface area (Å²) in [4.78, 5) is 0. The highest BCUT2D eigenvalue weighted by Gasteiger charge is 2.37. The minimum Gasteiger partial charge on any atom is -0.330 e. The van der Waals surface area contributed by atoms with Gasteiger partial charge in [-0.25, -0.2) is 0 Å². The molecule has 0 rings (SSSR count).